The number of hydrogen-bond donors (Lipinski definition) is 0. The van der Waals surface area contributed by atoms with Crippen molar-refractivity contribution in [1.82, 2.24) is 0 Å². The Kier molecular flexibility index (Phi) is 1.70. The largest absolute Gasteiger partial charge is 0.0801 e. The highest BCUT2D eigenvalue weighted by molar-refractivity contribution is 5.93. The van der Waals surface area contributed by atoms with Gasteiger partial charge in [-0.3, -0.25) is 0 Å². The molecule has 0 nitrogen and oxygen atoms in total. The molecule has 0 saturated heterocycles. The maximum Gasteiger partial charge on any atom is -0.00235 e. The molecule has 0 amide bonds. The van der Waals surface area contributed by atoms with Crippen LogP contribution in [-0.4, -0.2) is 0 Å². The van der Waals surface area contributed by atoms with Gasteiger partial charge in [0, 0.05) is 0 Å². The number of rotatable bonds is 0. The van der Waals surface area contributed by atoms with Crippen molar-refractivity contribution in [3.63, 3.8) is 0 Å². The van der Waals surface area contributed by atoms with E-state index in [0.29, 0.717) is 0 Å². The van der Waals surface area contributed by atoms with Crippen LogP contribution < -0.4 is 10.4 Å². The maximum atomic E-state index is 3.39. The summed E-state index contributed by atoms with van der Waals surface area (Å²) in [5, 5.41) is 5.27. The molecule has 1 radical (unpaired) electrons. The summed E-state index contributed by atoms with van der Waals surface area (Å²) in [6.45, 7) is 0. The number of hydrogen-bond acceptors (Lipinski definition) is 0. The van der Waals surface area contributed by atoms with Crippen LogP contribution in [0.2, 0.25) is 0 Å². The molecule has 2 aromatic carbocycles. The van der Waals surface area contributed by atoms with Crippen LogP contribution in [0.5, 0.6) is 0 Å². The van der Waals surface area contributed by atoms with Crippen molar-refractivity contribution in [2.75, 3.05) is 0 Å². The van der Waals surface area contributed by atoms with Crippen LogP contribution in [0.3, 0.4) is 0 Å². The quantitative estimate of drug-likeness (QED) is 0.633. The molecule has 0 aliphatic heterocycles. The molecule has 2 aliphatic rings. The van der Waals surface area contributed by atoms with Gasteiger partial charge in [0.1, 0.15) is 0 Å². The number of benzene rings is 2. The molecule has 2 aromatic rings. The SMILES string of the molecule is [c]1cccc2ccc3c(c12)=C1CC=CC=C1C=3. The first-order valence-electron chi connectivity index (χ1n) is 5.95. The molecule has 0 atom stereocenters. The van der Waals surface area contributed by atoms with Crippen LogP contribution in [0.4, 0.5) is 0 Å². The fourth-order valence-electron chi connectivity index (χ4n) is 2.78. The molecule has 0 fully saturated rings. The van der Waals surface area contributed by atoms with Gasteiger partial charge in [0.2, 0.25) is 0 Å². The lowest BCUT2D eigenvalue weighted by molar-refractivity contribution is 1.37. The van der Waals surface area contributed by atoms with E-state index >= 15 is 0 Å². The van der Waals surface area contributed by atoms with Crippen molar-refractivity contribution in [1.29, 1.82) is 0 Å². The highest BCUT2D eigenvalue weighted by atomic mass is 14.2. The van der Waals surface area contributed by atoms with Crippen molar-refractivity contribution in [3.05, 3.63) is 70.6 Å². The zero-order chi connectivity index (χ0) is 11.2. The van der Waals surface area contributed by atoms with Crippen LogP contribution >= 0.6 is 0 Å². The van der Waals surface area contributed by atoms with Gasteiger partial charge in [-0.25, -0.2) is 0 Å². The predicted molar refractivity (Wildman–Crippen MR) is 71.7 cm³/mol. The van der Waals surface area contributed by atoms with Gasteiger partial charge in [0.15, 0.2) is 0 Å². The predicted octanol–water partition coefficient (Wildman–Crippen LogP) is 2.47. The third-order valence-electron chi connectivity index (χ3n) is 3.56. The van der Waals surface area contributed by atoms with Crippen LogP contribution in [0, 0.1) is 6.07 Å². The first-order chi connectivity index (χ1) is 8.43. The molecular formula is C17H11. The number of fused-ring (bicyclic) bond motifs is 4. The summed E-state index contributed by atoms with van der Waals surface area (Å²) in [7, 11) is 0. The fourth-order valence-corrected chi connectivity index (χ4v) is 2.78. The normalized spacial score (nSPS) is 16.5. The van der Waals surface area contributed by atoms with Crippen LogP contribution in [-0.2, 0) is 0 Å². The lowest BCUT2D eigenvalue weighted by Crippen LogP contribution is -2.23. The van der Waals surface area contributed by atoms with Crippen molar-refractivity contribution in [2.24, 2.45) is 0 Å². The molecule has 0 heterocycles. The average molecular weight is 215 g/mol. The molecular weight excluding hydrogens is 204 g/mol. The van der Waals surface area contributed by atoms with Gasteiger partial charge < -0.3 is 0 Å². The third-order valence-corrected chi connectivity index (χ3v) is 3.56. The van der Waals surface area contributed by atoms with Crippen molar-refractivity contribution >= 4 is 22.4 Å². The standard InChI is InChI=1S/C17H11/c1-3-7-15-12(5-1)9-10-14-11-13-6-2-4-8-16(13)17(14)15/h1-6,9-11H,8H2. The summed E-state index contributed by atoms with van der Waals surface area (Å²) in [6, 6.07) is 14.0. The van der Waals surface area contributed by atoms with E-state index in [0.717, 1.165) is 6.42 Å². The monoisotopic (exact) mass is 215 g/mol. The molecule has 4 rings (SSSR count). The van der Waals surface area contributed by atoms with Gasteiger partial charge in [0.25, 0.3) is 0 Å². The Morgan fingerprint density at radius 1 is 1.12 bits per heavy atom. The molecule has 0 unspecified atom stereocenters. The summed E-state index contributed by atoms with van der Waals surface area (Å²) in [6.07, 6.45) is 9.90. The van der Waals surface area contributed by atoms with Gasteiger partial charge in [-0.15, -0.1) is 0 Å². The van der Waals surface area contributed by atoms with Gasteiger partial charge in [0.05, 0.1) is 0 Å². The average Bonchev–Trinajstić information content (AvgIpc) is 2.77. The molecule has 0 heteroatoms. The summed E-state index contributed by atoms with van der Waals surface area (Å²) in [5.74, 6) is 0. The van der Waals surface area contributed by atoms with E-state index in [9.17, 15) is 0 Å². The summed E-state index contributed by atoms with van der Waals surface area (Å²) < 4.78 is 0. The summed E-state index contributed by atoms with van der Waals surface area (Å²) in [4.78, 5) is 0. The Bertz CT molecular complexity index is 802. The zero-order valence-electron chi connectivity index (χ0n) is 9.40. The van der Waals surface area contributed by atoms with Crippen LogP contribution in [0.25, 0.3) is 22.4 Å². The topological polar surface area (TPSA) is 0 Å². The number of allylic oxidation sites excluding steroid dienone is 4. The fraction of sp³-hybridized carbons (Fsp3) is 0.0588. The van der Waals surface area contributed by atoms with E-state index in [4.69, 9.17) is 0 Å². The van der Waals surface area contributed by atoms with Crippen LogP contribution in [0.15, 0.2) is 54.1 Å². The summed E-state index contributed by atoms with van der Waals surface area (Å²) >= 11 is 0. The van der Waals surface area contributed by atoms with E-state index in [1.807, 2.05) is 6.07 Å². The van der Waals surface area contributed by atoms with Gasteiger partial charge in [-0.1, -0.05) is 48.6 Å². The van der Waals surface area contributed by atoms with Crippen molar-refractivity contribution in [3.8, 4) is 0 Å². The minimum atomic E-state index is 1.04. The Morgan fingerprint density at radius 3 is 3.12 bits per heavy atom. The molecule has 0 N–H and O–H groups in total. The zero-order valence-corrected chi connectivity index (χ0v) is 9.40. The highest BCUT2D eigenvalue weighted by Gasteiger charge is 2.13. The molecule has 17 heavy (non-hydrogen) atoms. The first kappa shape index (κ1) is 9.00. The van der Waals surface area contributed by atoms with Crippen molar-refractivity contribution in [2.45, 2.75) is 6.42 Å². The Labute approximate surface area is 99.9 Å². The van der Waals surface area contributed by atoms with Gasteiger partial charge in [-0.05, 0) is 50.9 Å². The second kappa shape index (κ2) is 3.21. The second-order valence-electron chi connectivity index (χ2n) is 4.54. The minimum absolute atomic E-state index is 1.04. The summed E-state index contributed by atoms with van der Waals surface area (Å²) in [5.41, 5.74) is 2.82. The van der Waals surface area contributed by atoms with Crippen LogP contribution in [0.1, 0.15) is 6.42 Å². The van der Waals surface area contributed by atoms with Gasteiger partial charge in [-0.2, -0.15) is 0 Å². The van der Waals surface area contributed by atoms with E-state index < -0.39 is 0 Å². The molecule has 0 bridgehead atoms. The molecule has 0 aromatic heterocycles. The third kappa shape index (κ3) is 1.18. The maximum absolute atomic E-state index is 3.39. The van der Waals surface area contributed by atoms with Gasteiger partial charge >= 0.3 is 0 Å². The Balaban J connectivity index is 2.29. The molecule has 0 saturated carbocycles. The Morgan fingerprint density at radius 2 is 2.12 bits per heavy atom. The minimum Gasteiger partial charge on any atom is -0.0801 e. The second-order valence-corrected chi connectivity index (χ2v) is 4.54. The van der Waals surface area contributed by atoms with E-state index in [1.165, 1.54) is 32.4 Å². The first-order valence-corrected chi connectivity index (χ1v) is 5.95. The highest BCUT2D eigenvalue weighted by Crippen LogP contribution is 2.24. The lowest BCUT2D eigenvalue weighted by Gasteiger charge is -2.06. The molecule has 79 valence electrons. The van der Waals surface area contributed by atoms with E-state index in [-0.39, 0.29) is 0 Å². The van der Waals surface area contributed by atoms with Crippen molar-refractivity contribution < 1.29 is 0 Å². The lowest BCUT2D eigenvalue weighted by atomic mass is 9.98. The van der Waals surface area contributed by atoms with E-state index in [2.05, 4.69) is 54.6 Å². The van der Waals surface area contributed by atoms with E-state index in [1.54, 1.807) is 0 Å². The molecule has 2 aliphatic carbocycles. The Hall–Kier alpha value is -2.08. The smallest absolute Gasteiger partial charge is 0.00235 e. The molecule has 0 spiro atoms.